The molecule has 74 valence electrons. The second-order valence-electron chi connectivity index (χ2n) is 4.46. The minimum Gasteiger partial charge on any atom is -0.390 e. The number of hydrogen-bond donors (Lipinski definition) is 1. The van der Waals surface area contributed by atoms with Gasteiger partial charge in [-0.1, -0.05) is 6.92 Å². The molecule has 13 heavy (non-hydrogen) atoms. The van der Waals surface area contributed by atoms with Gasteiger partial charge in [-0.3, -0.25) is 0 Å². The molecule has 0 aromatic rings. The number of hydrogen-bond acceptors (Lipinski definition) is 1. The molecule has 0 spiro atoms. The molecule has 0 bridgehead atoms. The maximum absolute atomic E-state index is 10.1. The molecule has 1 saturated carbocycles. The van der Waals surface area contributed by atoms with Crippen LogP contribution in [0.25, 0.3) is 0 Å². The number of unbranched alkanes of at least 4 members (excludes halogenated alkanes) is 1. The summed E-state index contributed by atoms with van der Waals surface area (Å²) >= 11 is 0. The van der Waals surface area contributed by atoms with Crippen LogP contribution >= 0.6 is 0 Å². The van der Waals surface area contributed by atoms with Crippen molar-refractivity contribution >= 4 is 0 Å². The van der Waals surface area contributed by atoms with Crippen LogP contribution in [0.5, 0.6) is 0 Å². The van der Waals surface area contributed by atoms with Gasteiger partial charge in [0, 0.05) is 6.42 Å². The van der Waals surface area contributed by atoms with Crippen LogP contribution < -0.4 is 0 Å². The first-order valence-corrected chi connectivity index (χ1v) is 5.32. The van der Waals surface area contributed by atoms with E-state index in [0.717, 1.165) is 38.0 Å². The van der Waals surface area contributed by atoms with Crippen LogP contribution in [0.2, 0.25) is 0 Å². The third-order valence-electron chi connectivity index (χ3n) is 3.17. The van der Waals surface area contributed by atoms with E-state index in [2.05, 4.69) is 12.8 Å². The number of aliphatic hydroxyl groups is 1. The summed E-state index contributed by atoms with van der Waals surface area (Å²) in [7, 11) is 0. The average Bonchev–Trinajstić information content (AvgIpc) is 2.12. The third-order valence-corrected chi connectivity index (χ3v) is 3.17. The maximum atomic E-state index is 10.1. The lowest BCUT2D eigenvalue weighted by molar-refractivity contribution is -0.0156. The molecular formula is C12H20O. The van der Waals surface area contributed by atoms with E-state index in [9.17, 15) is 5.11 Å². The Bertz CT molecular complexity index is 182. The van der Waals surface area contributed by atoms with E-state index >= 15 is 0 Å². The van der Waals surface area contributed by atoms with Crippen LogP contribution in [0.3, 0.4) is 0 Å². The van der Waals surface area contributed by atoms with Crippen LogP contribution in [-0.2, 0) is 0 Å². The summed E-state index contributed by atoms with van der Waals surface area (Å²) in [6.07, 6.45) is 12.1. The predicted octanol–water partition coefficient (Wildman–Crippen LogP) is 2.73. The van der Waals surface area contributed by atoms with E-state index < -0.39 is 0 Å². The molecule has 0 atom stereocenters. The van der Waals surface area contributed by atoms with Gasteiger partial charge in [0.15, 0.2) is 0 Å². The number of rotatable bonds is 3. The Morgan fingerprint density at radius 2 is 2.08 bits per heavy atom. The molecule has 0 amide bonds. The fraction of sp³-hybridized carbons (Fsp3) is 0.833. The topological polar surface area (TPSA) is 20.2 Å². The zero-order chi connectivity index (χ0) is 9.73. The second-order valence-corrected chi connectivity index (χ2v) is 4.46. The molecule has 1 rings (SSSR count). The van der Waals surface area contributed by atoms with Gasteiger partial charge in [-0.15, -0.1) is 12.3 Å². The Labute approximate surface area is 81.5 Å². The highest BCUT2D eigenvalue weighted by Crippen LogP contribution is 2.34. The Hall–Kier alpha value is -0.480. The first-order chi connectivity index (χ1) is 6.16. The standard InChI is InChI=1S/C12H20O/c1-3-4-5-8-12(13)9-6-11(2)7-10-12/h1,11,13H,4-10H2,2H3. The average molecular weight is 180 g/mol. The van der Waals surface area contributed by atoms with Gasteiger partial charge in [-0.05, 0) is 44.4 Å². The van der Waals surface area contributed by atoms with Gasteiger partial charge >= 0.3 is 0 Å². The first kappa shape index (κ1) is 10.6. The molecule has 0 radical (unpaired) electrons. The Balaban J connectivity index is 2.27. The minimum atomic E-state index is -0.386. The quantitative estimate of drug-likeness (QED) is 0.523. The summed E-state index contributed by atoms with van der Waals surface area (Å²) in [5, 5.41) is 10.1. The van der Waals surface area contributed by atoms with Gasteiger partial charge < -0.3 is 5.11 Å². The van der Waals surface area contributed by atoms with E-state index in [1.165, 1.54) is 12.8 Å². The summed E-state index contributed by atoms with van der Waals surface area (Å²) in [5.74, 6) is 3.42. The number of terminal acetylenes is 1. The molecule has 0 heterocycles. The maximum Gasteiger partial charge on any atom is 0.0648 e. The second kappa shape index (κ2) is 4.67. The van der Waals surface area contributed by atoms with Crippen molar-refractivity contribution in [2.45, 2.75) is 57.5 Å². The highest BCUT2D eigenvalue weighted by molar-refractivity contribution is 4.88. The van der Waals surface area contributed by atoms with Crippen molar-refractivity contribution in [1.29, 1.82) is 0 Å². The molecule has 1 aliphatic carbocycles. The van der Waals surface area contributed by atoms with Crippen molar-refractivity contribution in [3.8, 4) is 12.3 Å². The molecule has 0 aliphatic heterocycles. The van der Waals surface area contributed by atoms with Crippen molar-refractivity contribution in [2.24, 2.45) is 5.92 Å². The zero-order valence-corrected chi connectivity index (χ0v) is 8.55. The van der Waals surface area contributed by atoms with E-state index in [0.29, 0.717) is 0 Å². The van der Waals surface area contributed by atoms with Crippen LogP contribution in [0, 0.1) is 18.3 Å². The molecule has 1 N–H and O–H groups in total. The smallest absolute Gasteiger partial charge is 0.0648 e. The first-order valence-electron chi connectivity index (χ1n) is 5.32. The highest BCUT2D eigenvalue weighted by atomic mass is 16.3. The predicted molar refractivity (Wildman–Crippen MR) is 55.3 cm³/mol. The van der Waals surface area contributed by atoms with Crippen molar-refractivity contribution in [3.05, 3.63) is 0 Å². The molecule has 1 aliphatic rings. The fourth-order valence-electron chi connectivity index (χ4n) is 2.07. The molecule has 0 aromatic heterocycles. The Kier molecular flexibility index (Phi) is 3.81. The largest absolute Gasteiger partial charge is 0.390 e. The Morgan fingerprint density at radius 3 is 2.62 bits per heavy atom. The summed E-state index contributed by atoms with van der Waals surface area (Å²) in [6.45, 7) is 2.26. The molecule has 0 unspecified atom stereocenters. The van der Waals surface area contributed by atoms with Gasteiger partial charge in [0.1, 0.15) is 0 Å². The van der Waals surface area contributed by atoms with Crippen molar-refractivity contribution in [1.82, 2.24) is 0 Å². The van der Waals surface area contributed by atoms with Crippen LogP contribution in [0.4, 0.5) is 0 Å². The lowest BCUT2D eigenvalue weighted by atomic mass is 9.77. The van der Waals surface area contributed by atoms with E-state index in [1.807, 2.05) is 0 Å². The fourth-order valence-corrected chi connectivity index (χ4v) is 2.07. The molecule has 0 aromatic carbocycles. The van der Waals surface area contributed by atoms with Gasteiger partial charge in [0.25, 0.3) is 0 Å². The van der Waals surface area contributed by atoms with Crippen LogP contribution in [-0.4, -0.2) is 10.7 Å². The van der Waals surface area contributed by atoms with Gasteiger partial charge in [-0.25, -0.2) is 0 Å². The molecule has 0 saturated heterocycles. The van der Waals surface area contributed by atoms with E-state index in [-0.39, 0.29) is 5.60 Å². The summed E-state index contributed by atoms with van der Waals surface area (Å²) in [5.41, 5.74) is -0.386. The molecular weight excluding hydrogens is 160 g/mol. The SMILES string of the molecule is C#CCCCC1(O)CCC(C)CC1. The van der Waals surface area contributed by atoms with Gasteiger partial charge in [-0.2, -0.15) is 0 Å². The van der Waals surface area contributed by atoms with Crippen LogP contribution in [0.1, 0.15) is 51.9 Å². The minimum absolute atomic E-state index is 0.386. The molecule has 1 fully saturated rings. The third kappa shape index (κ3) is 3.40. The van der Waals surface area contributed by atoms with Crippen molar-refractivity contribution in [3.63, 3.8) is 0 Å². The van der Waals surface area contributed by atoms with Crippen LogP contribution in [0.15, 0.2) is 0 Å². The summed E-state index contributed by atoms with van der Waals surface area (Å²) in [4.78, 5) is 0. The molecule has 1 heteroatoms. The lowest BCUT2D eigenvalue weighted by Gasteiger charge is -2.34. The monoisotopic (exact) mass is 180 g/mol. The van der Waals surface area contributed by atoms with Gasteiger partial charge in [0.05, 0.1) is 5.60 Å². The highest BCUT2D eigenvalue weighted by Gasteiger charge is 2.30. The van der Waals surface area contributed by atoms with Gasteiger partial charge in [0.2, 0.25) is 0 Å². The summed E-state index contributed by atoms with van der Waals surface area (Å²) in [6, 6.07) is 0. The van der Waals surface area contributed by atoms with Crippen molar-refractivity contribution in [2.75, 3.05) is 0 Å². The zero-order valence-electron chi connectivity index (χ0n) is 8.55. The normalized spacial score (nSPS) is 34.1. The summed E-state index contributed by atoms with van der Waals surface area (Å²) < 4.78 is 0. The lowest BCUT2D eigenvalue weighted by Crippen LogP contribution is -2.33. The van der Waals surface area contributed by atoms with Crippen molar-refractivity contribution < 1.29 is 5.11 Å². The Morgan fingerprint density at radius 1 is 1.46 bits per heavy atom. The van der Waals surface area contributed by atoms with E-state index in [4.69, 9.17) is 6.42 Å². The molecule has 1 nitrogen and oxygen atoms in total. The van der Waals surface area contributed by atoms with E-state index in [1.54, 1.807) is 0 Å².